The summed E-state index contributed by atoms with van der Waals surface area (Å²) in [6.07, 6.45) is 4.80. The molecule has 2 rings (SSSR count). The summed E-state index contributed by atoms with van der Waals surface area (Å²) in [4.78, 5) is 0.1000. The molecule has 0 amide bonds. The standard InChI is InChI=1S/C14H21NO3S/c1-10-7-11(2)14(13(8-10)19(15,16)17)18-9-12-5-3-4-6-12/h7-8,12H,3-6,9H2,1-2H3,(H2,15,16,17). The van der Waals surface area contributed by atoms with E-state index in [1.54, 1.807) is 6.07 Å². The van der Waals surface area contributed by atoms with Gasteiger partial charge in [-0.25, -0.2) is 13.6 Å². The molecule has 1 aromatic rings. The molecular weight excluding hydrogens is 262 g/mol. The predicted molar refractivity (Wildman–Crippen MR) is 74.7 cm³/mol. The lowest BCUT2D eigenvalue weighted by atomic mass is 10.1. The minimum atomic E-state index is -3.75. The van der Waals surface area contributed by atoms with Crippen molar-refractivity contribution in [3.63, 3.8) is 0 Å². The van der Waals surface area contributed by atoms with E-state index in [2.05, 4.69) is 0 Å². The SMILES string of the molecule is Cc1cc(C)c(OCC2CCCC2)c(S(N)(=O)=O)c1. The topological polar surface area (TPSA) is 69.4 Å². The smallest absolute Gasteiger partial charge is 0.241 e. The largest absolute Gasteiger partial charge is 0.492 e. The van der Waals surface area contributed by atoms with Crippen molar-refractivity contribution in [2.75, 3.05) is 6.61 Å². The normalized spacial score (nSPS) is 16.8. The van der Waals surface area contributed by atoms with E-state index >= 15 is 0 Å². The van der Waals surface area contributed by atoms with Crippen LogP contribution in [0.4, 0.5) is 0 Å². The van der Waals surface area contributed by atoms with Crippen LogP contribution in [0, 0.1) is 19.8 Å². The number of aryl methyl sites for hydroxylation is 2. The minimum absolute atomic E-state index is 0.1000. The summed E-state index contributed by atoms with van der Waals surface area (Å²) >= 11 is 0. The van der Waals surface area contributed by atoms with Gasteiger partial charge in [-0.2, -0.15) is 0 Å². The minimum Gasteiger partial charge on any atom is -0.492 e. The number of benzene rings is 1. The van der Waals surface area contributed by atoms with Gasteiger partial charge in [0.2, 0.25) is 10.0 Å². The van der Waals surface area contributed by atoms with Gasteiger partial charge in [0.1, 0.15) is 10.6 Å². The molecule has 5 heteroatoms. The third-order valence-electron chi connectivity index (χ3n) is 3.63. The van der Waals surface area contributed by atoms with Crippen LogP contribution in [0.5, 0.6) is 5.75 Å². The monoisotopic (exact) mass is 283 g/mol. The summed E-state index contributed by atoms with van der Waals surface area (Å²) in [5.74, 6) is 0.953. The molecule has 1 saturated carbocycles. The highest BCUT2D eigenvalue weighted by molar-refractivity contribution is 7.89. The Hall–Kier alpha value is -1.07. The van der Waals surface area contributed by atoms with E-state index in [9.17, 15) is 8.42 Å². The molecule has 0 atom stereocenters. The van der Waals surface area contributed by atoms with E-state index in [1.165, 1.54) is 12.8 Å². The van der Waals surface area contributed by atoms with Gasteiger partial charge in [-0.05, 0) is 49.8 Å². The first kappa shape index (κ1) is 14.3. The molecule has 0 heterocycles. The van der Waals surface area contributed by atoms with Gasteiger partial charge in [-0.3, -0.25) is 0 Å². The molecule has 1 aliphatic rings. The third kappa shape index (κ3) is 3.48. The van der Waals surface area contributed by atoms with E-state index in [0.29, 0.717) is 18.3 Å². The van der Waals surface area contributed by atoms with E-state index < -0.39 is 10.0 Å². The molecule has 0 saturated heterocycles. The first-order chi connectivity index (χ1) is 8.88. The molecule has 0 aromatic heterocycles. The third-order valence-corrected chi connectivity index (χ3v) is 4.55. The Labute approximate surface area is 115 Å². The molecule has 106 valence electrons. The van der Waals surface area contributed by atoms with E-state index in [4.69, 9.17) is 9.88 Å². The van der Waals surface area contributed by atoms with Crippen LogP contribution in [0.2, 0.25) is 0 Å². The second kappa shape index (κ2) is 5.51. The molecule has 1 fully saturated rings. The first-order valence-electron chi connectivity index (χ1n) is 6.65. The highest BCUT2D eigenvalue weighted by atomic mass is 32.2. The summed E-state index contributed by atoms with van der Waals surface area (Å²) in [5, 5.41) is 5.27. The van der Waals surface area contributed by atoms with Crippen LogP contribution in [0.3, 0.4) is 0 Å². The molecule has 1 aromatic carbocycles. The van der Waals surface area contributed by atoms with Crippen LogP contribution >= 0.6 is 0 Å². The van der Waals surface area contributed by atoms with Crippen LogP contribution in [0.15, 0.2) is 17.0 Å². The Morgan fingerprint density at radius 1 is 1.26 bits per heavy atom. The number of nitrogens with two attached hydrogens (primary N) is 1. The van der Waals surface area contributed by atoms with Crippen molar-refractivity contribution in [2.24, 2.45) is 11.1 Å². The zero-order chi connectivity index (χ0) is 14.0. The summed E-state index contributed by atoms with van der Waals surface area (Å²) in [5.41, 5.74) is 1.69. The van der Waals surface area contributed by atoms with Crippen LogP contribution in [0.1, 0.15) is 36.8 Å². The predicted octanol–water partition coefficient (Wildman–Crippen LogP) is 2.52. The van der Waals surface area contributed by atoms with Gasteiger partial charge in [0.05, 0.1) is 6.61 Å². The second-order valence-electron chi connectivity index (χ2n) is 5.42. The Morgan fingerprint density at radius 3 is 2.47 bits per heavy atom. The maximum atomic E-state index is 11.7. The lowest BCUT2D eigenvalue weighted by Gasteiger charge is -2.16. The fourth-order valence-electron chi connectivity index (χ4n) is 2.69. The summed E-state index contributed by atoms with van der Waals surface area (Å²) < 4.78 is 29.1. The fraction of sp³-hybridized carbons (Fsp3) is 0.571. The van der Waals surface area contributed by atoms with Crippen LogP contribution in [-0.4, -0.2) is 15.0 Å². The first-order valence-corrected chi connectivity index (χ1v) is 8.19. The Morgan fingerprint density at radius 2 is 1.89 bits per heavy atom. The van der Waals surface area contributed by atoms with Crippen molar-refractivity contribution in [3.8, 4) is 5.75 Å². The second-order valence-corrected chi connectivity index (χ2v) is 6.95. The van der Waals surface area contributed by atoms with Crippen molar-refractivity contribution in [3.05, 3.63) is 23.3 Å². The Kier molecular flexibility index (Phi) is 4.16. The van der Waals surface area contributed by atoms with Gasteiger partial charge in [0, 0.05) is 0 Å². The molecule has 4 nitrogen and oxygen atoms in total. The fourth-order valence-corrected chi connectivity index (χ4v) is 3.52. The Balaban J connectivity index is 2.27. The van der Waals surface area contributed by atoms with Gasteiger partial charge >= 0.3 is 0 Å². The van der Waals surface area contributed by atoms with Gasteiger partial charge in [0.15, 0.2) is 0 Å². The van der Waals surface area contributed by atoms with Crippen molar-refractivity contribution < 1.29 is 13.2 Å². The number of ether oxygens (including phenoxy) is 1. The van der Waals surface area contributed by atoms with Gasteiger partial charge in [0.25, 0.3) is 0 Å². The van der Waals surface area contributed by atoms with E-state index in [1.807, 2.05) is 19.9 Å². The Bertz CT molecular complexity index is 560. The highest BCUT2D eigenvalue weighted by Crippen LogP contribution is 2.31. The molecular formula is C14H21NO3S. The van der Waals surface area contributed by atoms with Crippen molar-refractivity contribution in [1.82, 2.24) is 0 Å². The van der Waals surface area contributed by atoms with Gasteiger partial charge < -0.3 is 4.74 Å². The zero-order valence-electron chi connectivity index (χ0n) is 11.5. The summed E-state index contributed by atoms with van der Waals surface area (Å²) in [6, 6.07) is 3.49. The van der Waals surface area contributed by atoms with Crippen LogP contribution in [0.25, 0.3) is 0 Å². The number of hydrogen-bond donors (Lipinski definition) is 1. The van der Waals surface area contributed by atoms with E-state index in [-0.39, 0.29) is 4.90 Å². The highest BCUT2D eigenvalue weighted by Gasteiger charge is 2.21. The zero-order valence-corrected chi connectivity index (χ0v) is 12.3. The molecule has 0 unspecified atom stereocenters. The lowest BCUT2D eigenvalue weighted by Crippen LogP contribution is -2.17. The number of hydrogen-bond acceptors (Lipinski definition) is 3. The average molecular weight is 283 g/mol. The van der Waals surface area contributed by atoms with Gasteiger partial charge in [-0.1, -0.05) is 18.9 Å². The lowest BCUT2D eigenvalue weighted by molar-refractivity contribution is 0.245. The molecule has 0 aliphatic heterocycles. The van der Waals surface area contributed by atoms with Crippen LogP contribution in [-0.2, 0) is 10.0 Å². The number of rotatable bonds is 4. The summed E-state index contributed by atoms with van der Waals surface area (Å²) in [7, 11) is -3.75. The van der Waals surface area contributed by atoms with Crippen molar-refractivity contribution >= 4 is 10.0 Å². The number of primary sulfonamides is 1. The molecule has 0 radical (unpaired) electrons. The average Bonchev–Trinajstić information content (AvgIpc) is 2.78. The molecule has 0 spiro atoms. The van der Waals surface area contributed by atoms with Gasteiger partial charge in [-0.15, -0.1) is 0 Å². The van der Waals surface area contributed by atoms with E-state index in [0.717, 1.165) is 24.0 Å². The summed E-state index contributed by atoms with van der Waals surface area (Å²) in [6.45, 7) is 4.28. The van der Waals surface area contributed by atoms with Crippen molar-refractivity contribution in [2.45, 2.75) is 44.4 Å². The maximum Gasteiger partial charge on any atom is 0.241 e. The van der Waals surface area contributed by atoms with Crippen molar-refractivity contribution in [1.29, 1.82) is 0 Å². The molecule has 2 N–H and O–H groups in total. The number of sulfonamides is 1. The molecule has 1 aliphatic carbocycles. The van der Waals surface area contributed by atoms with Crippen LogP contribution < -0.4 is 9.88 Å². The molecule has 19 heavy (non-hydrogen) atoms. The molecule has 0 bridgehead atoms. The quantitative estimate of drug-likeness (QED) is 0.923. The maximum absolute atomic E-state index is 11.7.